The third kappa shape index (κ3) is 4.43. The standard InChI is InChI=1S/C27H21N3O4S/c1-16-7-10-19(11-8-16)28-27-29-20(15-35-27)14-34-26(33)18-9-12-21-22(13-18)25(32)30(24(21)31)23-6-4-3-5-17(23)2/h3-13,15H,14H2,1-2H3,(H,28,29). The van der Waals surface area contributed by atoms with Crippen molar-refractivity contribution in [3.8, 4) is 0 Å². The highest BCUT2D eigenvalue weighted by Crippen LogP contribution is 2.31. The topological polar surface area (TPSA) is 88.6 Å². The molecule has 1 aliphatic rings. The van der Waals surface area contributed by atoms with Gasteiger partial charge in [0.05, 0.1) is 28.1 Å². The van der Waals surface area contributed by atoms with E-state index < -0.39 is 17.8 Å². The van der Waals surface area contributed by atoms with Gasteiger partial charge in [0.25, 0.3) is 11.8 Å². The minimum absolute atomic E-state index is 0.00971. The molecule has 0 unspecified atom stereocenters. The summed E-state index contributed by atoms with van der Waals surface area (Å²) < 4.78 is 5.41. The van der Waals surface area contributed by atoms with Crippen molar-refractivity contribution < 1.29 is 19.1 Å². The molecule has 0 saturated carbocycles. The molecule has 0 spiro atoms. The van der Waals surface area contributed by atoms with E-state index in [0.717, 1.165) is 16.2 Å². The van der Waals surface area contributed by atoms with Gasteiger partial charge in [0.15, 0.2) is 5.13 Å². The van der Waals surface area contributed by atoms with Crippen molar-refractivity contribution in [2.24, 2.45) is 0 Å². The molecular weight excluding hydrogens is 462 g/mol. The number of hydrogen-bond donors (Lipinski definition) is 1. The largest absolute Gasteiger partial charge is 0.456 e. The van der Waals surface area contributed by atoms with Crippen molar-refractivity contribution in [3.05, 3.63) is 106 Å². The second-order valence-corrected chi connectivity index (χ2v) is 9.06. The zero-order valence-corrected chi connectivity index (χ0v) is 19.9. The Morgan fingerprint density at radius 1 is 0.971 bits per heavy atom. The number of carbonyl (C=O) groups excluding carboxylic acids is 3. The minimum atomic E-state index is -0.594. The first-order chi connectivity index (χ1) is 16.9. The summed E-state index contributed by atoms with van der Waals surface area (Å²) in [5, 5.41) is 5.73. The average molecular weight is 484 g/mol. The Morgan fingerprint density at radius 2 is 1.71 bits per heavy atom. The summed E-state index contributed by atoms with van der Waals surface area (Å²) in [5.74, 6) is -1.46. The molecule has 0 radical (unpaired) electrons. The first-order valence-electron chi connectivity index (χ1n) is 10.9. The van der Waals surface area contributed by atoms with Gasteiger partial charge in [-0.25, -0.2) is 14.7 Å². The summed E-state index contributed by atoms with van der Waals surface area (Å²) in [6.07, 6.45) is 0. The van der Waals surface area contributed by atoms with Gasteiger partial charge in [0, 0.05) is 11.1 Å². The molecule has 35 heavy (non-hydrogen) atoms. The lowest BCUT2D eigenvalue weighted by Gasteiger charge is -2.16. The number of fused-ring (bicyclic) bond motifs is 1. The Labute approximate surface area is 206 Å². The molecule has 1 N–H and O–H groups in total. The Balaban J connectivity index is 1.26. The monoisotopic (exact) mass is 483 g/mol. The Bertz CT molecular complexity index is 1460. The molecule has 0 saturated heterocycles. The summed E-state index contributed by atoms with van der Waals surface area (Å²) in [6.45, 7) is 3.85. The quantitative estimate of drug-likeness (QED) is 0.281. The number of benzene rings is 3. The fourth-order valence-electron chi connectivity index (χ4n) is 3.81. The lowest BCUT2D eigenvalue weighted by Crippen LogP contribution is -2.29. The van der Waals surface area contributed by atoms with Gasteiger partial charge < -0.3 is 10.1 Å². The maximum absolute atomic E-state index is 13.0. The van der Waals surface area contributed by atoms with E-state index in [1.165, 1.54) is 35.1 Å². The summed E-state index contributed by atoms with van der Waals surface area (Å²) in [6, 6.07) is 19.5. The van der Waals surface area contributed by atoms with Crippen LogP contribution < -0.4 is 10.2 Å². The van der Waals surface area contributed by atoms with Crippen molar-refractivity contribution in [2.45, 2.75) is 20.5 Å². The second-order valence-electron chi connectivity index (χ2n) is 8.20. The van der Waals surface area contributed by atoms with Crippen LogP contribution in [0, 0.1) is 13.8 Å². The number of aryl methyl sites for hydroxylation is 2. The number of rotatable bonds is 6. The highest BCUT2D eigenvalue weighted by molar-refractivity contribution is 7.13. The molecule has 0 aliphatic carbocycles. The number of esters is 1. The molecule has 2 amide bonds. The van der Waals surface area contributed by atoms with Crippen LogP contribution in [0.25, 0.3) is 0 Å². The van der Waals surface area contributed by atoms with Crippen molar-refractivity contribution in [1.82, 2.24) is 4.98 Å². The number of thiazole rings is 1. The van der Waals surface area contributed by atoms with Crippen LogP contribution in [0.2, 0.25) is 0 Å². The molecule has 1 aromatic heterocycles. The lowest BCUT2D eigenvalue weighted by molar-refractivity contribution is 0.0468. The molecule has 8 heteroatoms. The molecule has 2 heterocycles. The summed E-state index contributed by atoms with van der Waals surface area (Å²) in [7, 11) is 0. The first kappa shape index (κ1) is 22.5. The minimum Gasteiger partial charge on any atom is -0.456 e. The first-order valence-corrected chi connectivity index (χ1v) is 11.8. The summed E-state index contributed by atoms with van der Waals surface area (Å²) >= 11 is 1.41. The highest BCUT2D eigenvalue weighted by Gasteiger charge is 2.37. The van der Waals surface area contributed by atoms with E-state index in [-0.39, 0.29) is 23.3 Å². The smallest absolute Gasteiger partial charge is 0.338 e. The van der Waals surface area contributed by atoms with Crippen LogP contribution in [0.15, 0.2) is 72.1 Å². The van der Waals surface area contributed by atoms with Crippen LogP contribution in [-0.2, 0) is 11.3 Å². The van der Waals surface area contributed by atoms with Crippen molar-refractivity contribution in [3.63, 3.8) is 0 Å². The van der Waals surface area contributed by atoms with Crippen LogP contribution in [-0.4, -0.2) is 22.8 Å². The van der Waals surface area contributed by atoms with Crippen LogP contribution in [0.5, 0.6) is 0 Å². The molecule has 5 rings (SSSR count). The summed E-state index contributed by atoms with van der Waals surface area (Å²) in [5.41, 5.74) is 4.68. The second kappa shape index (κ2) is 9.15. The van der Waals surface area contributed by atoms with Gasteiger partial charge in [-0.05, 0) is 55.8 Å². The third-order valence-electron chi connectivity index (χ3n) is 5.68. The van der Waals surface area contributed by atoms with E-state index >= 15 is 0 Å². The molecule has 1 aliphatic heterocycles. The molecule has 0 bridgehead atoms. The van der Waals surface area contributed by atoms with Crippen LogP contribution >= 0.6 is 11.3 Å². The number of nitrogens with one attached hydrogen (secondary N) is 1. The fraction of sp³-hybridized carbons (Fsp3) is 0.111. The Hall–Kier alpha value is -4.30. The van der Waals surface area contributed by atoms with E-state index in [1.807, 2.05) is 55.6 Å². The Morgan fingerprint density at radius 3 is 2.49 bits per heavy atom. The van der Waals surface area contributed by atoms with Crippen LogP contribution in [0.1, 0.15) is 47.9 Å². The number of aromatic nitrogens is 1. The van der Waals surface area contributed by atoms with E-state index in [4.69, 9.17) is 4.74 Å². The number of amides is 2. The molecule has 3 aromatic carbocycles. The van der Waals surface area contributed by atoms with Gasteiger partial charge in [-0.3, -0.25) is 9.59 Å². The number of imide groups is 1. The van der Waals surface area contributed by atoms with Crippen molar-refractivity contribution >= 4 is 45.6 Å². The molecule has 0 atom stereocenters. The number of hydrogen-bond acceptors (Lipinski definition) is 7. The molecule has 4 aromatic rings. The predicted octanol–water partition coefficient (Wildman–Crippen LogP) is 5.66. The normalized spacial score (nSPS) is 12.6. The SMILES string of the molecule is Cc1ccc(Nc2nc(COC(=O)c3ccc4c(c3)C(=O)N(c3ccccc3C)C4=O)cs2)cc1. The summed E-state index contributed by atoms with van der Waals surface area (Å²) in [4.78, 5) is 44.2. The van der Waals surface area contributed by atoms with Gasteiger partial charge in [0.2, 0.25) is 0 Å². The van der Waals surface area contributed by atoms with Crippen LogP contribution in [0.4, 0.5) is 16.5 Å². The third-order valence-corrected chi connectivity index (χ3v) is 6.49. The number of anilines is 3. The average Bonchev–Trinajstić information content (AvgIpc) is 3.41. The van der Waals surface area contributed by atoms with E-state index in [0.29, 0.717) is 16.5 Å². The number of para-hydroxylation sites is 1. The van der Waals surface area contributed by atoms with Crippen molar-refractivity contribution in [1.29, 1.82) is 0 Å². The maximum Gasteiger partial charge on any atom is 0.338 e. The number of carbonyl (C=O) groups is 3. The molecule has 7 nitrogen and oxygen atoms in total. The van der Waals surface area contributed by atoms with E-state index in [9.17, 15) is 14.4 Å². The van der Waals surface area contributed by atoms with Gasteiger partial charge in [-0.1, -0.05) is 35.9 Å². The van der Waals surface area contributed by atoms with E-state index in [1.54, 1.807) is 12.1 Å². The predicted molar refractivity (Wildman–Crippen MR) is 134 cm³/mol. The molecular formula is C27H21N3O4S. The van der Waals surface area contributed by atoms with Crippen molar-refractivity contribution in [2.75, 3.05) is 10.2 Å². The van der Waals surface area contributed by atoms with Crippen LogP contribution in [0.3, 0.4) is 0 Å². The van der Waals surface area contributed by atoms with E-state index in [2.05, 4.69) is 10.3 Å². The number of nitrogens with zero attached hydrogens (tertiary/aromatic N) is 2. The van der Waals surface area contributed by atoms with Gasteiger partial charge in [-0.15, -0.1) is 11.3 Å². The molecule has 0 fully saturated rings. The zero-order chi connectivity index (χ0) is 24.5. The van der Waals surface area contributed by atoms with Gasteiger partial charge in [0.1, 0.15) is 6.61 Å². The van der Waals surface area contributed by atoms with Gasteiger partial charge >= 0.3 is 5.97 Å². The van der Waals surface area contributed by atoms with Gasteiger partial charge in [-0.2, -0.15) is 0 Å². The number of ether oxygens (including phenoxy) is 1. The fourth-order valence-corrected chi connectivity index (χ4v) is 4.53. The lowest BCUT2D eigenvalue weighted by atomic mass is 10.1. The zero-order valence-electron chi connectivity index (χ0n) is 19.1. The maximum atomic E-state index is 13.0. The highest BCUT2D eigenvalue weighted by atomic mass is 32.1. The molecule has 174 valence electrons. The Kier molecular flexibility index (Phi) is 5.88.